The van der Waals surface area contributed by atoms with Gasteiger partial charge in [0.1, 0.15) is 0 Å². The highest BCUT2D eigenvalue weighted by Crippen LogP contribution is 2.07. The van der Waals surface area contributed by atoms with Gasteiger partial charge in [-0.05, 0) is 6.42 Å². The highest BCUT2D eigenvalue weighted by atomic mass is 16.5. The summed E-state index contributed by atoms with van der Waals surface area (Å²) in [5, 5.41) is 0. The van der Waals surface area contributed by atoms with Gasteiger partial charge in [0.2, 0.25) is 0 Å². The number of unbranched alkanes of at least 4 members (excludes halogenated alkanes) is 4. The average Bonchev–Trinajstić information content (AvgIpc) is 2.16. The van der Waals surface area contributed by atoms with E-state index < -0.39 is 0 Å². The predicted octanol–water partition coefficient (Wildman–Crippen LogP) is 3.08. The van der Waals surface area contributed by atoms with E-state index in [-0.39, 0.29) is 11.5 Å². The van der Waals surface area contributed by atoms with E-state index in [1.807, 2.05) is 0 Å². The largest absolute Gasteiger partial charge is 0.494 e. The molecule has 2 nitrogen and oxygen atoms in total. The Morgan fingerprint density at radius 3 is 2.38 bits per heavy atom. The molecule has 0 aromatic rings. The molecule has 0 amide bonds. The average molecular weight is 184 g/mol. The van der Waals surface area contributed by atoms with Crippen molar-refractivity contribution < 1.29 is 9.53 Å². The number of carbonyl (C=O) groups excluding carboxylic acids is 1. The van der Waals surface area contributed by atoms with Gasteiger partial charge in [0.05, 0.1) is 7.11 Å². The molecule has 0 aliphatic rings. The first-order valence-corrected chi connectivity index (χ1v) is 4.98. The first-order chi connectivity index (χ1) is 6.22. The summed E-state index contributed by atoms with van der Waals surface area (Å²) in [7, 11) is 1.48. The summed E-state index contributed by atoms with van der Waals surface area (Å²) >= 11 is 0. The number of hydrogen-bond acceptors (Lipinski definition) is 2. The van der Waals surface area contributed by atoms with E-state index in [0.29, 0.717) is 6.42 Å². The Kier molecular flexibility index (Phi) is 7.36. The van der Waals surface area contributed by atoms with Gasteiger partial charge in [-0.2, -0.15) is 0 Å². The van der Waals surface area contributed by atoms with Crippen molar-refractivity contribution in [3.8, 4) is 0 Å². The van der Waals surface area contributed by atoms with Crippen LogP contribution in [0.15, 0.2) is 12.3 Å². The van der Waals surface area contributed by atoms with Crippen LogP contribution in [0.4, 0.5) is 0 Å². The van der Waals surface area contributed by atoms with Crippen LogP contribution in [0.1, 0.15) is 45.4 Å². The van der Waals surface area contributed by atoms with E-state index >= 15 is 0 Å². The minimum atomic E-state index is 0.0407. The number of carbonyl (C=O) groups is 1. The molecular weight excluding hydrogens is 164 g/mol. The Morgan fingerprint density at radius 1 is 1.23 bits per heavy atom. The fraction of sp³-hybridized carbons (Fsp3) is 0.727. The number of Topliss-reactive ketones (excluding diaryl/α,β-unsaturated/α-hetero) is 1. The normalized spacial score (nSPS) is 9.69. The third-order valence-corrected chi connectivity index (χ3v) is 2.06. The minimum Gasteiger partial charge on any atom is -0.494 e. The van der Waals surface area contributed by atoms with Crippen LogP contribution in [0.2, 0.25) is 0 Å². The second kappa shape index (κ2) is 7.84. The van der Waals surface area contributed by atoms with Crippen molar-refractivity contribution in [1.82, 2.24) is 0 Å². The van der Waals surface area contributed by atoms with Crippen LogP contribution in [-0.4, -0.2) is 12.9 Å². The molecule has 0 aliphatic carbocycles. The second-order valence-electron chi connectivity index (χ2n) is 3.21. The predicted molar refractivity (Wildman–Crippen MR) is 54.5 cm³/mol. The summed E-state index contributed by atoms with van der Waals surface area (Å²) < 4.78 is 4.75. The number of methoxy groups -OCH3 is 1. The lowest BCUT2D eigenvalue weighted by Gasteiger charge is -2.02. The van der Waals surface area contributed by atoms with Gasteiger partial charge in [0.15, 0.2) is 11.5 Å². The summed E-state index contributed by atoms with van der Waals surface area (Å²) in [6.07, 6.45) is 6.40. The van der Waals surface area contributed by atoms with Crippen molar-refractivity contribution in [1.29, 1.82) is 0 Å². The van der Waals surface area contributed by atoms with Crippen LogP contribution in [0.5, 0.6) is 0 Å². The second-order valence-corrected chi connectivity index (χ2v) is 3.21. The van der Waals surface area contributed by atoms with E-state index in [1.54, 1.807) is 0 Å². The lowest BCUT2D eigenvalue weighted by molar-refractivity contribution is -0.118. The van der Waals surface area contributed by atoms with Crippen molar-refractivity contribution in [2.24, 2.45) is 0 Å². The highest BCUT2D eigenvalue weighted by molar-refractivity contribution is 5.92. The molecule has 76 valence electrons. The van der Waals surface area contributed by atoms with E-state index in [1.165, 1.54) is 26.4 Å². The van der Waals surface area contributed by atoms with Crippen molar-refractivity contribution in [2.45, 2.75) is 45.4 Å². The molecule has 0 fully saturated rings. The molecule has 0 rings (SSSR count). The number of ether oxygens (including phenoxy) is 1. The van der Waals surface area contributed by atoms with Crippen LogP contribution < -0.4 is 0 Å². The third-order valence-electron chi connectivity index (χ3n) is 2.06. The van der Waals surface area contributed by atoms with Crippen molar-refractivity contribution in [2.75, 3.05) is 7.11 Å². The standard InChI is InChI=1S/C11H20O2/c1-4-5-6-7-8-9-11(12)10(2)13-3/h2,4-9H2,1,3H3. The maximum absolute atomic E-state index is 11.2. The fourth-order valence-corrected chi connectivity index (χ4v) is 1.14. The summed E-state index contributed by atoms with van der Waals surface area (Å²) in [5.41, 5.74) is 0. The molecule has 0 N–H and O–H groups in total. The molecule has 0 heterocycles. The van der Waals surface area contributed by atoms with Crippen LogP contribution in [0.3, 0.4) is 0 Å². The molecule has 0 bridgehead atoms. The zero-order chi connectivity index (χ0) is 10.1. The molecule has 0 aromatic heterocycles. The first kappa shape index (κ1) is 12.2. The van der Waals surface area contributed by atoms with Gasteiger partial charge < -0.3 is 4.74 Å². The van der Waals surface area contributed by atoms with Gasteiger partial charge in [0.25, 0.3) is 0 Å². The minimum absolute atomic E-state index is 0.0407. The van der Waals surface area contributed by atoms with E-state index in [4.69, 9.17) is 4.74 Å². The van der Waals surface area contributed by atoms with E-state index in [2.05, 4.69) is 13.5 Å². The zero-order valence-corrected chi connectivity index (χ0v) is 8.77. The van der Waals surface area contributed by atoms with Crippen LogP contribution in [0.25, 0.3) is 0 Å². The quantitative estimate of drug-likeness (QED) is 0.329. The van der Waals surface area contributed by atoms with Gasteiger partial charge in [-0.1, -0.05) is 39.2 Å². The van der Waals surface area contributed by atoms with Gasteiger partial charge in [-0.25, -0.2) is 0 Å². The number of rotatable bonds is 8. The summed E-state index contributed by atoms with van der Waals surface area (Å²) in [6, 6.07) is 0. The van der Waals surface area contributed by atoms with E-state index in [0.717, 1.165) is 12.8 Å². The maximum atomic E-state index is 11.2. The molecule has 2 heteroatoms. The highest BCUT2D eigenvalue weighted by Gasteiger charge is 2.05. The molecule has 0 radical (unpaired) electrons. The molecule has 0 saturated carbocycles. The Morgan fingerprint density at radius 2 is 1.85 bits per heavy atom. The van der Waals surface area contributed by atoms with Crippen molar-refractivity contribution in [3.63, 3.8) is 0 Å². The fourth-order valence-electron chi connectivity index (χ4n) is 1.14. The lowest BCUT2D eigenvalue weighted by atomic mass is 10.1. The smallest absolute Gasteiger partial charge is 0.196 e. The summed E-state index contributed by atoms with van der Waals surface area (Å²) in [5.74, 6) is 0.328. The third kappa shape index (κ3) is 6.38. The monoisotopic (exact) mass is 184 g/mol. The molecule has 0 saturated heterocycles. The molecule has 0 aliphatic heterocycles. The van der Waals surface area contributed by atoms with Gasteiger partial charge in [-0.15, -0.1) is 0 Å². The van der Waals surface area contributed by atoms with Gasteiger partial charge in [-0.3, -0.25) is 4.79 Å². The van der Waals surface area contributed by atoms with Crippen molar-refractivity contribution in [3.05, 3.63) is 12.3 Å². The van der Waals surface area contributed by atoms with E-state index in [9.17, 15) is 4.79 Å². The van der Waals surface area contributed by atoms with Gasteiger partial charge in [0, 0.05) is 6.42 Å². The first-order valence-electron chi connectivity index (χ1n) is 4.98. The SMILES string of the molecule is C=C(OC)C(=O)CCCCCCC. The number of allylic oxidation sites excluding steroid dienone is 1. The molecule has 0 unspecified atom stereocenters. The maximum Gasteiger partial charge on any atom is 0.196 e. The van der Waals surface area contributed by atoms with Crippen LogP contribution in [0, 0.1) is 0 Å². The van der Waals surface area contributed by atoms with Crippen LogP contribution in [-0.2, 0) is 9.53 Å². The zero-order valence-electron chi connectivity index (χ0n) is 8.77. The number of ketones is 1. The summed E-state index contributed by atoms with van der Waals surface area (Å²) in [4.78, 5) is 11.2. The molecular formula is C11H20O2. The molecule has 0 atom stereocenters. The Hall–Kier alpha value is -0.790. The van der Waals surface area contributed by atoms with Crippen LogP contribution >= 0.6 is 0 Å². The lowest BCUT2D eigenvalue weighted by Crippen LogP contribution is -2.02. The Labute approximate surface area is 81.0 Å². The Balaban J connectivity index is 3.32. The molecule has 0 spiro atoms. The number of hydrogen-bond donors (Lipinski definition) is 0. The topological polar surface area (TPSA) is 26.3 Å². The van der Waals surface area contributed by atoms with Crippen molar-refractivity contribution >= 4 is 5.78 Å². The molecule has 0 aromatic carbocycles. The Bertz CT molecular complexity index is 161. The van der Waals surface area contributed by atoms with Gasteiger partial charge >= 0.3 is 0 Å². The summed E-state index contributed by atoms with van der Waals surface area (Å²) in [6.45, 7) is 5.69. The molecule has 13 heavy (non-hydrogen) atoms.